The molecule has 1 aromatic rings. The molecule has 19 heavy (non-hydrogen) atoms. The van der Waals surface area contributed by atoms with Gasteiger partial charge in [-0.25, -0.2) is 9.59 Å². The minimum absolute atomic E-state index is 0.258. The first-order chi connectivity index (χ1) is 8.65. The summed E-state index contributed by atoms with van der Waals surface area (Å²) in [6, 6.07) is 6.68. The molecule has 0 radical (unpaired) electrons. The number of carboxylic acid groups (broad SMARTS) is 2. The number of halogens is 1. The van der Waals surface area contributed by atoms with Crippen LogP contribution < -0.4 is 0 Å². The molecule has 0 heterocycles. The quantitative estimate of drug-likeness (QED) is 0.335. The van der Waals surface area contributed by atoms with Gasteiger partial charge in [-0.1, -0.05) is 30.3 Å². The van der Waals surface area contributed by atoms with E-state index in [0.29, 0.717) is 0 Å². The Morgan fingerprint density at radius 3 is 1.79 bits per heavy atom. The summed E-state index contributed by atoms with van der Waals surface area (Å²) in [6.07, 6.45) is 0. The van der Waals surface area contributed by atoms with Gasteiger partial charge >= 0.3 is 11.9 Å². The van der Waals surface area contributed by atoms with Gasteiger partial charge in [0.05, 0.1) is 0 Å². The van der Waals surface area contributed by atoms with Crippen LogP contribution in [0.25, 0.3) is 0 Å². The molecule has 0 bridgehead atoms. The number of carboxylic acids is 2. The summed E-state index contributed by atoms with van der Waals surface area (Å²) in [5, 5.41) is 37.1. The highest BCUT2D eigenvalue weighted by Gasteiger charge is 2.64. The molecular formula is C11H9BrO7. The number of hydrogen-bond donors (Lipinski definition) is 4. The molecule has 8 heteroatoms. The largest absolute Gasteiger partial charge is 0.479 e. The summed E-state index contributed by atoms with van der Waals surface area (Å²) in [6.45, 7) is 0. The molecule has 0 spiro atoms. The van der Waals surface area contributed by atoms with Gasteiger partial charge in [-0.15, -0.1) is 0 Å². The lowest BCUT2D eigenvalue weighted by atomic mass is 9.87. The van der Waals surface area contributed by atoms with Crippen LogP contribution in [0.3, 0.4) is 0 Å². The van der Waals surface area contributed by atoms with Gasteiger partial charge < -0.3 is 20.4 Å². The van der Waals surface area contributed by atoms with E-state index in [2.05, 4.69) is 15.9 Å². The molecule has 0 aliphatic carbocycles. The second kappa shape index (κ2) is 5.08. The Bertz CT molecular complexity index is 525. The van der Waals surface area contributed by atoms with Gasteiger partial charge in [-0.2, -0.15) is 0 Å². The third-order valence-corrected chi connectivity index (χ3v) is 3.35. The number of benzene rings is 1. The third-order valence-electron chi connectivity index (χ3n) is 2.44. The number of rotatable bonds is 5. The summed E-state index contributed by atoms with van der Waals surface area (Å²) in [7, 11) is 0. The molecule has 0 fully saturated rings. The zero-order valence-electron chi connectivity index (χ0n) is 9.28. The average Bonchev–Trinajstić information content (AvgIpc) is 2.37. The summed E-state index contributed by atoms with van der Waals surface area (Å²) in [4.78, 5) is 33.9. The fourth-order valence-electron chi connectivity index (χ4n) is 1.34. The first-order valence-electron chi connectivity index (χ1n) is 4.86. The first-order valence-corrected chi connectivity index (χ1v) is 5.65. The van der Waals surface area contributed by atoms with Crippen molar-refractivity contribution in [3.8, 4) is 0 Å². The highest BCUT2D eigenvalue weighted by Crippen LogP contribution is 2.33. The fraction of sp³-hybridized carbons (Fsp3) is 0.182. The highest BCUT2D eigenvalue weighted by atomic mass is 79.9. The molecule has 1 aromatic carbocycles. The Morgan fingerprint density at radius 1 is 0.947 bits per heavy atom. The van der Waals surface area contributed by atoms with Crippen molar-refractivity contribution >= 4 is 33.7 Å². The van der Waals surface area contributed by atoms with Crippen LogP contribution >= 0.6 is 15.9 Å². The van der Waals surface area contributed by atoms with E-state index in [-0.39, 0.29) is 5.56 Å². The van der Waals surface area contributed by atoms with Crippen molar-refractivity contribution in [3.05, 3.63) is 35.9 Å². The third kappa shape index (κ3) is 2.37. The number of Topliss-reactive ketones (excluding diaryl/α,β-unsaturated/α-hetero) is 1. The normalized spacial score (nSPS) is 17.0. The number of ketones is 1. The summed E-state index contributed by atoms with van der Waals surface area (Å²) in [5.41, 5.74) is -3.83. The Balaban J connectivity index is 3.41. The molecule has 0 aliphatic heterocycles. The molecule has 2 atom stereocenters. The fourth-order valence-corrected chi connectivity index (χ4v) is 1.69. The number of alkyl halides is 1. The molecule has 0 aliphatic rings. The van der Waals surface area contributed by atoms with Gasteiger partial charge in [0.25, 0.3) is 10.1 Å². The van der Waals surface area contributed by atoms with Crippen LogP contribution in [0.1, 0.15) is 10.4 Å². The molecule has 102 valence electrons. The number of hydrogen-bond acceptors (Lipinski definition) is 5. The van der Waals surface area contributed by atoms with Crippen LogP contribution in [0.5, 0.6) is 0 Å². The lowest BCUT2D eigenvalue weighted by Crippen LogP contribution is -2.64. The lowest BCUT2D eigenvalue weighted by molar-refractivity contribution is -0.179. The van der Waals surface area contributed by atoms with Gasteiger partial charge in [0.2, 0.25) is 5.78 Å². The Morgan fingerprint density at radius 2 is 1.42 bits per heavy atom. The van der Waals surface area contributed by atoms with E-state index in [0.717, 1.165) is 0 Å². The molecule has 1 rings (SSSR count). The molecule has 7 nitrogen and oxygen atoms in total. The second-order valence-electron chi connectivity index (χ2n) is 3.64. The summed E-state index contributed by atoms with van der Waals surface area (Å²) >= 11 is 2.17. The van der Waals surface area contributed by atoms with Crippen LogP contribution in [0, 0.1) is 0 Å². The lowest BCUT2D eigenvalue weighted by Gasteiger charge is -2.31. The maximum absolute atomic E-state index is 12.0. The predicted molar refractivity (Wildman–Crippen MR) is 64.9 cm³/mol. The van der Waals surface area contributed by atoms with E-state index in [1.807, 2.05) is 0 Å². The number of carbonyl (C=O) groups is 3. The van der Waals surface area contributed by atoms with Crippen molar-refractivity contribution in [2.45, 2.75) is 10.1 Å². The van der Waals surface area contributed by atoms with Crippen LogP contribution in [0.2, 0.25) is 0 Å². The van der Waals surface area contributed by atoms with Crippen molar-refractivity contribution in [2.75, 3.05) is 0 Å². The van der Waals surface area contributed by atoms with E-state index >= 15 is 0 Å². The summed E-state index contributed by atoms with van der Waals surface area (Å²) < 4.78 is -3.36. The number of aliphatic carboxylic acids is 2. The monoisotopic (exact) mass is 332 g/mol. The molecule has 0 unspecified atom stereocenters. The zero-order valence-corrected chi connectivity index (χ0v) is 10.9. The van der Waals surface area contributed by atoms with E-state index < -0.39 is 27.8 Å². The van der Waals surface area contributed by atoms with Gasteiger partial charge in [0, 0.05) is 5.56 Å². The van der Waals surface area contributed by atoms with Gasteiger partial charge in [0.1, 0.15) is 0 Å². The van der Waals surface area contributed by atoms with E-state index in [1.165, 1.54) is 30.3 Å². The Hall–Kier alpha value is -1.77. The molecule has 0 amide bonds. The van der Waals surface area contributed by atoms with E-state index in [4.69, 9.17) is 10.2 Å². The van der Waals surface area contributed by atoms with Crippen LogP contribution in [0.4, 0.5) is 0 Å². The molecule has 0 saturated carbocycles. The Labute approximate surface area is 115 Å². The molecule has 0 aromatic heterocycles. The van der Waals surface area contributed by atoms with Crippen LogP contribution in [-0.2, 0) is 9.59 Å². The number of aliphatic hydroxyl groups is 2. The van der Waals surface area contributed by atoms with Gasteiger partial charge in [-0.3, -0.25) is 4.79 Å². The van der Waals surface area contributed by atoms with Crippen molar-refractivity contribution in [1.29, 1.82) is 0 Å². The van der Waals surface area contributed by atoms with Crippen molar-refractivity contribution in [1.82, 2.24) is 0 Å². The SMILES string of the molecule is O=C(O)[C@](O)(C(=O)c1ccccc1)[C@@](O)(Br)C(=O)O. The highest BCUT2D eigenvalue weighted by molar-refractivity contribution is 9.10. The maximum Gasteiger partial charge on any atom is 0.351 e. The van der Waals surface area contributed by atoms with Crippen molar-refractivity contribution in [3.63, 3.8) is 0 Å². The average molecular weight is 333 g/mol. The van der Waals surface area contributed by atoms with E-state index in [9.17, 15) is 24.6 Å². The van der Waals surface area contributed by atoms with Gasteiger partial charge in [0.15, 0.2) is 0 Å². The maximum atomic E-state index is 12.0. The summed E-state index contributed by atoms with van der Waals surface area (Å²) in [5.74, 6) is -5.76. The second-order valence-corrected chi connectivity index (χ2v) is 4.79. The molecule has 0 saturated heterocycles. The van der Waals surface area contributed by atoms with E-state index in [1.54, 1.807) is 0 Å². The molecular weight excluding hydrogens is 324 g/mol. The van der Waals surface area contributed by atoms with Crippen molar-refractivity contribution < 1.29 is 34.8 Å². The predicted octanol–water partition coefficient (Wildman–Crippen LogP) is -0.147. The number of carbonyl (C=O) groups excluding carboxylic acids is 1. The van der Waals surface area contributed by atoms with Crippen LogP contribution in [0.15, 0.2) is 30.3 Å². The standard InChI is InChI=1S/C11H9BrO7/c12-11(19,9(16)17)10(18,8(14)15)7(13)6-4-2-1-3-5-6/h1-5,18-19H,(H,14,15)(H,16,17)/t10-,11-/m1/s1. The van der Waals surface area contributed by atoms with Gasteiger partial charge in [-0.05, 0) is 15.9 Å². The first kappa shape index (κ1) is 15.3. The molecule has 4 N–H and O–H groups in total. The van der Waals surface area contributed by atoms with Crippen LogP contribution in [-0.4, -0.2) is 48.3 Å². The minimum atomic E-state index is -3.57. The van der Waals surface area contributed by atoms with Crippen molar-refractivity contribution in [2.24, 2.45) is 0 Å². The minimum Gasteiger partial charge on any atom is -0.479 e. The topological polar surface area (TPSA) is 132 Å². The smallest absolute Gasteiger partial charge is 0.351 e. The zero-order chi connectivity index (χ0) is 14.8. The Kier molecular flexibility index (Phi) is 4.09.